The lowest BCUT2D eigenvalue weighted by Crippen LogP contribution is -2.31. The van der Waals surface area contributed by atoms with Gasteiger partial charge in [-0.3, -0.25) is 4.79 Å². The number of nitrogens with two attached hydrogens (primary N) is 1. The maximum Gasteiger partial charge on any atom is 0.238 e. The number of carbonyl (C=O) groups is 1. The molecule has 3 aromatic rings. The van der Waals surface area contributed by atoms with E-state index in [9.17, 15) is 13.2 Å². The molecule has 0 bridgehead atoms. The van der Waals surface area contributed by atoms with E-state index in [0.29, 0.717) is 33.5 Å². The molecule has 32 heavy (non-hydrogen) atoms. The van der Waals surface area contributed by atoms with Gasteiger partial charge in [0.25, 0.3) is 0 Å². The van der Waals surface area contributed by atoms with E-state index in [2.05, 4.69) is 20.6 Å². The maximum absolute atomic E-state index is 12.0. The van der Waals surface area contributed by atoms with Crippen LogP contribution in [0.4, 0.5) is 28.8 Å². The summed E-state index contributed by atoms with van der Waals surface area (Å²) in [6, 6.07) is 10.4. The number of aromatic nitrogens is 2. The first kappa shape index (κ1) is 22.3. The molecule has 1 aliphatic rings. The molecule has 0 unspecified atom stereocenters. The molecule has 0 fully saturated rings. The fourth-order valence-electron chi connectivity index (χ4n) is 3.12. The zero-order valence-electron chi connectivity index (χ0n) is 17.1. The van der Waals surface area contributed by atoms with Crippen molar-refractivity contribution in [3.8, 4) is 0 Å². The Labute approximate surface area is 194 Å². The van der Waals surface area contributed by atoms with E-state index in [1.165, 1.54) is 24.0 Å². The summed E-state index contributed by atoms with van der Waals surface area (Å²) in [6.07, 6.45) is 1.43. The van der Waals surface area contributed by atoms with Crippen molar-refractivity contribution in [2.24, 2.45) is 5.14 Å². The van der Waals surface area contributed by atoms with Gasteiger partial charge in [0.2, 0.25) is 21.9 Å². The van der Waals surface area contributed by atoms with Crippen LogP contribution in [0.15, 0.2) is 52.4 Å². The van der Waals surface area contributed by atoms with Gasteiger partial charge < -0.3 is 15.5 Å². The Hall–Kier alpha value is -2.86. The highest BCUT2D eigenvalue weighted by Crippen LogP contribution is 2.37. The van der Waals surface area contributed by atoms with Gasteiger partial charge in [0.1, 0.15) is 5.02 Å². The number of primary sulfonamides is 1. The van der Waals surface area contributed by atoms with Crippen LogP contribution < -0.4 is 20.7 Å². The molecule has 0 atom stereocenters. The van der Waals surface area contributed by atoms with Gasteiger partial charge in [-0.1, -0.05) is 17.7 Å². The molecular weight excluding hydrogens is 472 g/mol. The molecule has 0 spiro atoms. The number of nitrogens with zero attached hydrogens (tertiary/aromatic N) is 3. The number of thioether (sulfide) groups is 1. The van der Waals surface area contributed by atoms with Crippen molar-refractivity contribution in [3.63, 3.8) is 0 Å². The number of benzene rings is 2. The molecule has 0 saturated carbocycles. The van der Waals surface area contributed by atoms with Crippen LogP contribution in [0.25, 0.3) is 0 Å². The molecule has 2 aromatic carbocycles. The summed E-state index contributed by atoms with van der Waals surface area (Å²) in [6.45, 7) is 1.66. The summed E-state index contributed by atoms with van der Waals surface area (Å²) in [5.41, 5.74) is 2.49. The van der Waals surface area contributed by atoms with Gasteiger partial charge in [0.05, 0.1) is 22.5 Å². The lowest BCUT2D eigenvalue weighted by molar-refractivity contribution is -0.116. The number of nitrogens with one attached hydrogen (secondary N) is 2. The molecular formula is C20H19ClN6O3S2. The van der Waals surface area contributed by atoms with E-state index in [1.54, 1.807) is 31.0 Å². The first-order valence-electron chi connectivity index (χ1n) is 9.35. The van der Waals surface area contributed by atoms with Crippen molar-refractivity contribution in [2.75, 3.05) is 28.3 Å². The third kappa shape index (κ3) is 4.65. The van der Waals surface area contributed by atoms with E-state index in [4.69, 9.17) is 16.7 Å². The number of aryl methyl sites for hydroxylation is 1. The summed E-state index contributed by atoms with van der Waals surface area (Å²) in [5, 5.41) is 11.7. The molecule has 4 N–H and O–H groups in total. The van der Waals surface area contributed by atoms with Crippen molar-refractivity contribution >= 4 is 68.1 Å². The van der Waals surface area contributed by atoms with Gasteiger partial charge >= 0.3 is 0 Å². The Kier molecular flexibility index (Phi) is 5.99. The Morgan fingerprint density at radius 3 is 2.62 bits per heavy atom. The number of hydrogen-bond acceptors (Lipinski definition) is 8. The zero-order chi connectivity index (χ0) is 23.0. The minimum absolute atomic E-state index is 0.0143. The standard InChI is InChI=1S/C20H19ClN6O3S2/c1-11-3-4-13(8-17(11)32(22,29)30)25-20-23-9-14(21)19(26-20)24-12-5-6-16-15(7-12)27(2)18(28)10-31-16/h3-9H,10H2,1-2H3,(H2,22,29,30)(H2,23,24,25,26). The van der Waals surface area contributed by atoms with Gasteiger partial charge in [-0.25, -0.2) is 18.5 Å². The highest BCUT2D eigenvalue weighted by molar-refractivity contribution is 8.00. The van der Waals surface area contributed by atoms with Crippen molar-refractivity contribution in [2.45, 2.75) is 16.7 Å². The molecule has 1 amide bonds. The quantitative estimate of drug-likeness (QED) is 0.494. The van der Waals surface area contributed by atoms with Crippen molar-refractivity contribution in [1.29, 1.82) is 0 Å². The number of halogens is 1. The number of hydrogen-bond donors (Lipinski definition) is 3. The molecule has 2 heterocycles. The number of sulfonamides is 1. The second-order valence-corrected chi connectivity index (χ2v) is 10.0. The highest BCUT2D eigenvalue weighted by Gasteiger charge is 2.22. The molecule has 9 nitrogen and oxygen atoms in total. The number of fused-ring (bicyclic) bond motifs is 1. The second kappa shape index (κ2) is 8.58. The first-order valence-corrected chi connectivity index (χ1v) is 12.3. The smallest absolute Gasteiger partial charge is 0.238 e. The lowest BCUT2D eigenvalue weighted by Gasteiger charge is -2.25. The van der Waals surface area contributed by atoms with Crippen LogP contribution in [0.2, 0.25) is 5.02 Å². The monoisotopic (exact) mass is 490 g/mol. The predicted molar refractivity (Wildman–Crippen MR) is 127 cm³/mol. The first-order chi connectivity index (χ1) is 15.1. The van der Waals surface area contributed by atoms with Crippen molar-refractivity contribution in [3.05, 3.63) is 53.2 Å². The molecule has 12 heteroatoms. The van der Waals surface area contributed by atoms with Gasteiger partial charge in [0.15, 0.2) is 5.82 Å². The van der Waals surface area contributed by atoms with Crippen LogP contribution in [-0.4, -0.2) is 37.1 Å². The summed E-state index contributed by atoms with van der Waals surface area (Å²) in [5.74, 6) is 1.00. The minimum atomic E-state index is -3.86. The normalized spacial score (nSPS) is 13.6. The van der Waals surface area contributed by atoms with Gasteiger partial charge in [0, 0.05) is 23.3 Å². The summed E-state index contributed by atoms with van der Waals surface area (Å²) < 4.78 is 23.5. The fourth-order valence-corrected chi connectivity index (χ4v) is 5.04. The predicted octanol–water partition coefficient (Wildman–Crippen LogP) is 3.64. The van der Waals surface area contributed by atoms with E-state index < -0.39 is 10.0 Å². The summed E-state index contributed by atoms with van der Waals surface area (Å²) >= 11 is 7.76. The molecule has 0 radical (unpaired) electrons. The van der Waals surface area contributed by atoms with Gasteiger partial charge in [-0.05, 0) is 42.8 Å². The van der Waals surface area contributed by atoms with E-state index >= 15 is 0 Å². The van der Waals surface area contributed by atoms with Crippen molar-refractivity contribution < 1.29 is 13.2 Å². The average Bonchev–Trinajstić information content (AvgIpc) is 2.74. The molecule has 1 aliphatic heterocycles. The number of amides is 1. The molecule has 0 aliphatic carbocycles. The molecule has 0 saturated heterocycles. The fraction of sp³-hybridized carbons (Fsp3) is 0.150. The van der Waals surface area contributed by atoms with Crippen LogP contribution in [0, 0.1) is 6.92 Å². The SMILES string of the molecule is Cc1ccc(Nc2ncc(Cl)c(Nc3ccc4c(c3)N(C)C(=O)CS4)n2)cc1S(N)(=O)=O. The average molecular weight is 491 g/mol. The van der Waals surface area contributed by atoms with E-state index in [1.807, 2.05) is 18.2 Å². The Balaban J connectivity index is 1.60. The summed E-state index contributed by atoms with van der Waals surface area (Å²) in [7, 11) is -2.13. The van der Waals surface area contributed by atoms with Crippen LogP contribution in [-0.2, 0) is 14.8 Å². The maximum atomic E-state index is 12.0. The largest absolute Gasteiger partial charge is 0.339 e. The molecule has 1 aromatic heterocycles. The topological polar surface area (TPSA) is 130 Å². The minimum Gasteiger partial charge on any atom is -0.339 e. The van der Waals surface area contributed by atoms with E-state index in [0.717, 1.165) is 10.6 Å². The van der Waals surface area contributed by atoms with Crippen molar-refractivity contribution in [1.82, 2.24) is 9.97 Å². The van der Waals surface area contributed by atoms with E-state index in [-0.39, 0.29) is 16.8 Å². The molecule has 4 rings (SSSR count). The van der Waals surface area contributed by atoms with Gasteiger partial charge in [-0.2, -0.15) is 4.98 Å². The zero-order valence-corrected chi connectivity index (χ0v) is 19.5. The second-order valence-electron chi connectivity index (χ2n) is 7.09. The van der Waals surface area contributed by atoms with Crippen LogP contribution in [0.1, 0.15) is 5.56 Å². The lowest BCUT2D eigenvalue weighted by atomic mass is 10.2. The number of rotatable bonds is 5. The number of anilines is 5. The third-order valence-corrected chi connectivity index (χ3v) is 7.18. The summed E-state index contributed by atoms with van der Waals surface area (Å²) in [4.78, 5) is 23.2. The third-order valence-electron chi connectivity index (χ3n) is 4.80. The number of carbonyl (C=O) groups excluding carboxylic acids is 1. The Bertz CT molecular complexity index is 1330. The van der Waals surface area contributed by atoms with Gasteiger partial charge in [-0.15, -0.1) is 11.8 Å². The van der Waals surface area contributed by atoms with Crippen LogP contribution in [0.5, 0.6) is 0 Å². The highest BCUT2D eigenvalue weighted by atomic mass is 35.5. The Morgan fingerprint density at radius 1 is 1.16 bits per heavy atom. The van der Waals surface area contributed by atoms with Crippen LogP contribution >= 0.6 is 23.4 Å². The molecule has 166 valence electrons. The Morgan fingerprint density at radius 2 is 1.88 bits per heavy atom. The van der Waals surface area contributed by atoms with Crippen LogP contribution in [0.3, 0.4) is 0 Å².